The number of ether oxygens (including phenoxy) is 1. The van der Waals surface area contributed by atoms with Crippen molar-refractivity contribution in [1.29, 1.82) is 0 Å². The van der Waals surface area contributed by atoms with Crippen LogP contribution in [0.1, 0.15) is 19.4 Å². The summed E-state index contributed by atoms with van der Waals surface area (Å²) < 4.78 is 7.97. The SMILES string of the molecule is CC(C)Oc1ccc2c(ccn2Cc2ccc(Cl)cc2)c1. The molecule has 2 nitrogen and oxygen atoms in total. The molecule has 0 N–H and O–H groups in total. The third-order valence-corrected chi connectivity index (χ3v) is 3.63. The molecule has 0 fully saturated rings. The first kappa shape index (κ1) is 14.0. The molecule has 3 rings (SSSR count). The fourth-order valence-electron chi connectivity index (χ4n) is 2.45. The summed E-state index contributed by atoms with van der Waals surface area (Å²) >= 11 is 5.93. The van der Waals surface area contributed by atoms with Crippen molar-refractivity contribution in [3.8, 4) is 5.75 Å². The highest BCUT2D eigenvalue weighted by molar-refractivity contribution is 6.30. The summed E-state index contributed by atoms with van der Waals surface area (Å²) in [5.41, 5.74) is 2.44. The Bertz CT molecular complexity index is 744. The lowest BCUT2D eigenvalue weighted by Crippen LogP contribution is -2.05. The van der Waals surface area contributed by atoms with Crippen molar-refractivity contribution in [3.05, 3.63) is 65.3 Å². The first-order valence-corrected chi connectivity index (χ1v) is 7.49. The topological polar surface area (TPSA) is 14.2 Å². The molecule has 0 saturated carbocycles. The van der Waals surface area contributed by atoms with Crippen LogP contribution in [0.5, 0.6) is 5.75 Å². The molecule has 0 amide bonds. The summed E-state index contributed by atoms with van der Waals surface area (Å²) in [7, 11) is 0. The Hall–Kier alpha value is -1.93. The van der Waals surface area contributed by atoms with Crippen LogP contribution in [0.2, 0.25) is 5.02 Å². The zero-order chi connectivity index (χ0) is 14.8. The van der Waals surface area contributed by atoms with Crippen molar-refractivity contribution in [2.45, 2.75) is 26.5 Å². The third kappa shape index (κ3) is 3.22. The van der Waals surface area contributed by atoms with E-state index in [4.69, 9.17) is 16.3 Å². The van der Waals surface area contributed by atoms with Crippen LogP contribution in [0.3, 0.4) is 0 Å². The number of fused-ring (bicyclic) bond motifs is 1. The number of rotatable bonds is 4. The maximum atomic E-state index is 5.93. The van der Waals surface area contributed by atoms with Crippen LogP contribution in [0, 0.1) is 0 Å². The van der Waals surface area contributed by atoms with Gasteiger partial charge in [-0.2, -0.15) is 0 Å². The molecule has 0 spiro atoms. The summed E-state index contributed by atoms with van der Waals surface area (Å²) in [6, 6.07) is 16.3. The molecule has 0 radical (unpaired) electrons. The standard InChI is InChI=1S/C18H18ClNO/c1-13(2)21-17-7-8-18-15(11-17)9-10-20(18)12-14-3-5-16(19)6-4-14/h3-11,13H,12H2,1-2H3. The van der Waals surface area contributed by atoms with E-state index in [1.165, 1.54) is 16.5 Å². The Kier molecular flexibility index (Phi) is 3.89. The lowest BCUT2D eigenvalue weighted by Gasteiger charge is -2.10. The quantitative estimate of drug-likeness (QED) is 0.651. The number of nitrogens with zero attached hydrogens (tertiary/aromatic N) is 1. The molecule has 1 heterocycles. The highest BCUT2D eigenvalue weighted by Gasteiger charge is 2.05. The van der Waals surface area contributed by atoms with E-state index in [1.54, 1.807) is 0 Å². The molecule has 3 heteroatoms. The molecule has 0 atom stereocenters. The normalized spacial score (nSPS) is 11.2. The van der Waals surface area contributed by atoms with E-state index in [1.807, 2.05) is 32.0 Å². The van der Waals surface area contributed by atoms with Gasteiger partial charge in [-0.3, -0.25) is 0 Å². The van der Waals surface area contributed by atoms with E-state index in [0.29, 0.717) is 0 Å². The van der Waals surface area contributed by atoms with Crippen molar-refractivity contribution >= 4 is 22.5 Å². The fourth-order valence-corrected chi connectivity index (χ4v) is 2.57. The Morgan fingerprint density at radius 3 is 2.52 bits per heavy atom. The molecule has 0 aliphatic carbocycles. The molecule has 3 aromatic rings. The highest BCUT2D eigenvalue weighted by Crippen LogP contribution is 2.23. The van der Waals surface area contributed by atoms with Crippen molar-refractivity contribution in [3.63, 3.8) is 0 Å². The monoisotopic (exact) mass is 299 g/mol. The Morgan fingerprint density at radius 2 is 1.81 bits per heavy atom. The molecular weight excluding hydrogens is 282 g/mol. The molecule has 0 unspecified atom stereocenters. The van der Waals surface area contributed by atoms with Gasteiger partial charge in [0.1, 0.15) is 5.75 Å². The van der Waals surface area contributed by atoms with Crippen LogP contribution >= 0.6 is 11.6 Å². The predicted octanol–water partition coefficient (Wildman–Crippen LogP) is 5.13. The first-order chi connectivity index (χ1) is 10.1. The Morgan fingerprint density at radius 1 is 1.05 bits per heavy atom. The van der Waals surface area contributed by atoms with Crippen LogP contribution < -0.4 is 4.74 Å². The van der Waals surface area contributed by atoms with Gasteiger partial charge < -0.3 is 9.30 Å². The number of hydrogen-bond donors (Lipinski definition) is 0. The van der Waals surface area contributed by atoms with Gasteiger partial charge in [-0.1, -0.05) is 23.7 Å². The van der Waals surface area contributed by atoms with Crippen LogP contribution in [0.15, 0.2) is 54.7 Å². The minimum absolute atomic E-state index is 0.193. The molecule has 2 aromatic carbocycles. The maximum absolute atomic E-state index is 5.93. The third-order valence-electron chi connectivity index (χ3n) is 3.38. The summed E-state index contributed by atoms with van der Waals surface area (Å²) in [6.07, 6.45) is 2.30. The van der Waals surface area contributed by atoms with Gasteiger partial charge in [0.05, 0.1) is 6.10 Å². The van der Waals surface area contributed by atoms with E-state index >= 15 is 0 Å². The van der Waals surface area contributed by atoms with E-state index in [-0.39, 0.29) is 6.10 Å². The van der Waals surface area contributed by atoms with Crippen LogP contribution in [-0.4, -0.2) is 10.7 Å². The number of hydrogen-bond acceptors (Lipinski definition) is 1. The molecular formula is C18H18ClNO. The van der Waals surface area contributed by atoms with Gasteiger partial charge in [-0.15, -0.1) is 0 Å². The Balaban J connectivity index is 1.88. The lowest BCUT2D eigenvalue weighted by molar-refractivity contribution is 0.243. The summed E-state index contributed by atoms with van der Waals surface area (Å²) in [6.45, 7) is 4.91. The Labute approximate surface area is 129 Å². The van der Waals surface area contributed by atoms with Gasteiger partial charge in [0.15, 0.2) is 0 Å². The van der Waals surface area contributed by atoms with Crippen LogP contribution in [0.25, 0.3) is 10.9 Å². The molecule has 0 saturated heterocycles. The van der Waals surface area contributed by atoms with Crippen LogP contribution in [-0.2, 0) is 6.54 Å². The van der Waals surface area contributed by atoms with E-state index in [2.05, 4.69) is 41.1 Å². The van der Waals surface area contributed by atoms with Gasteiger partial charge in [0.2, 0.25) is 0 Å². The predicted molar refractivity (Wildman–Crippen MR) is 88.3 cm³/mol. The summed E-state index contributed by atoms with van der Waals surface area (Å²) in [4.78, 5) is 0. The van der Waals surface area contributed by atoms with Crippen molar-refractivity contribution < 1.29 is 4.74 Å². The smallest absolute Gasteiger partial charge is 0.120 e. The molecule has 1 aromatic heterocycles. The van der Waals surface area contributed by atoms with Crippen LogP contribution in [0.4, 0.5) is 0 Å². The van der Waals surface area contributed by atoms with E-state index in [9.17, 15) is 0 Å². The summed E-state index contributed by atoms with van der Waals surface area (Å²) in [5, 5.41) is 1.97. The van der Waals surface area contributed by atoms with Gasteiger partial charge >= 0.3 is 0 Å². The second kappa shape index (κ2) is 5.82. The summed E-state index contributed by atoms with van der Waals surface area (Å²) in [5.74, 6) is 0.918. The zero-order valence-corrected chi connectivity index (χ0v) is 13.0. The van der Waals surface area contributed by atoms with Gasteiger partial charge in [0, 0.05) is 28.7 Å². The molecule has 0 aliphatic heterocycles. The number of halogens is 1. The van der Waals surface area contributed by atoms with Gasteiger partial charge in [0.25, 0.3) is 0 Å². The minimum atomic E-state index is 0.193. The van der Waals surface area contributed by atoms with Crippen molar-refractivity contribution in [2.75, 3.05) is 0 Å². The van der Waals surface area contributed by atoms with Crippen molar-refractivity contribution in [1.82, 2.24) is 4.57 Å². The minimum Gasteiger partial charge on any atom is -0.491 e. The first-order valence-electron chi connectivity index (χ1n) is 7.12. The number of aromatic nitrogens is 1. The maximum Gasteiger partial charge on any atom is 0.120 e. The lowest BCUT2D eigenvalue weighted by atomic mass is 10.2. The van der Waals surface area contributed by atoms with Gasteiger partial charge in [-0.05, 0) is 55.8 Å². The zero-order valence-electron chi connectivity index (χ0n) is 12.2. The average molecular weight is 300 g/mol. The second-order valence-electron chi connectivity index (χ2n) is 5.46. The second-order valence-corrected chi connectivity index (χ2v) is 5.89. The highest BCUT2D eigenvalue weighted by atomic mass is 35.5. The van der Waals surface area contributed by atoms with Crippen molar-refractivity contribution in [2.24, 2.45) is 0 Å². The van der Waals surface area contributed by atoms with E-state index < -0.39 is 0 Å². The molecule has 108 valence electrons. The van der Waals surface area contributed by atoms with E-state index in [0.717, 1.165) is 17.3 Å². The number of benzene rings is 2. The largest absolute Gasteiger partial charge is 0.491 e. The van der Waals surface area contributed by atoms with Gasteiger partial charge in [-0.25, -0.2) is 0 Å². The fraction of sp³-hybridized carbons (Fsp3) is 0.222. The molecule has 21 heavy (non-hydrogen) atoms. The molecule has 0 bridgehead atoms. The molecule has 0 aliphatic rings. The average Bonchev–Trinajstić information content (AvgIpc) is 2.83.